The number of hydrogen-bond acceptors (Lipinski definition) is 3. The summed E-state index contributed by atoms with van der Waals surface area (Å²) in [7, 11) is 1.67. The van der Waals surface area contributed by atoms with E-state index in [4.69, 9.17) is 9.57 Å². The molecule has 0 saturated heterocycles. The van der Waals surface area contributed by atoms with E-state index >= 15 is 0 Å². The molecule has 2 aromatic carbocycles. The first-order valence-electron chi connectivity index (χ1n) is 6.72. The Labute approximate surface area is 118 Å². The van der Waals surface area contributed by atoms with Gasteiger partial charge in [-0.2, -0.15) is 0 Å². The SMILES string of the molecule is COc1ccc(C2=NO[C@@H](C)[C@@H]2c2ccccc2)cc1. The van der Waals surface area contributed by atoms with Crippen LogP contribution in [-0.4, -0.2) is 18.9 Å². The van der Waals surface area contributed by atoms with Crippen LogP contribution in [0.3, 0.4) is 0 Å². The molecule has 1 heterocycles. The van der Waals surface area contributed by atoms with Crippen LogP contribution in [0.15, 0.2) is 59.8 Å². The molecule has 20 heavy (non-hydrogen) atoms. The van der Waals surface area contributed by atoms with Crippen molar-refractivity contribution in [3.05, 3.63) is 65.7 Å². The molecular weight excluding hydrogens is 250 g/mol. The summed E-state index contributed by atoms with van der Waals surface area (Å²) in [6.45, 7) is 2.05. The Morgan fingerprint density at radius 2 is 1.70 bits per heavy atom. The molecule has 0 saturated carbocycles. The molecule has 0 aliphatic carbocycles. The van der Waals surface area contributed by atoms with Crippen LogP contribution in [0.5, 0.6) is 5.75 Å². The van der Waals surface area contributed by atoms with E-state index in [0.717, 1.165) is 17.0 Å². The summed E-state index contributed by atoms with van der Waals surface area (Å²) in [6.07, 6.45) is 0.0505. The molecule has 102 valence electrons. The Hall–Kier alpha value is -2.29. The number of benzene rings is 2. The normalized spacial score (nSPS) is 21.2. The highest BCUT2D eigenvalue weighted by atomic mass is 16.6. The lowest BCUT2D eigenvalue weighted by molar-refractivity contribution is 0.0905. The van der Waals surface area contributed by atoms with Crippen molar-refractivity contribution in [2.75, 3.05) is 7.11 Å². The topological polar surface area (TPSA) is 30.8 Å². The van der Waals surface area contributed by atoms with Gasteiger partial charge in [-0.1, -0.05) is 35.5 Å². The summed E-state index contributed by atoms with van der Waals surface area (Å²) < 4.78 is 5.19. The van der Waals surface area contributed by atoms with E-state index in [9.17, 15) is 0 Å². The highest BCUT2D eigenvalue weighted by molar-refractivity contribution is 6.06. The molecule has 2 atom stereocenters. The van der Waals surface area contributed by atoms with E-state index in [1.165, 1.54) is 5.56 Å². The molecule has 3 heteroatoms. The van der Waals surface area contributed by atoms with Gasteiger partial charge in [-0.3, -0.25) is 0 Å². The van der Waals surface area contributed by atoms with E-state index < -0.39 is 0 Å². The van der Waals surface area contributed by atoms with Gasteiger partial charge in [-0.25, -0.2) is 0 Å². The molecule has 0 amide bonds. The first-order chi connectivity index (χ1) is 9.79. The first-order valence-corrected chi connectivity index (χ1v) is 6.72. The maximum atomic E-state index is 5.50. The van der Waals surface area contributed by atoms with Crippen LogP contribution in [-0.2, 0) is 4.84 Å². The zero-order chi connectivity index (χ0) is 13.9. The third kappa shape index (κ3) is 2.27. The van der Waals surface area contributed by atoms with Crippen molar-refractivity contribution in [1.29, 1.82) is 0 Å². The number of nitrogens with zero attached hydrogens (tertiary/aromatic N) is 1. The minimum absolute atomic E-state index is 0.0505. The molecule has 0 unspecified atom stereocenters. The summed E-state index contributed by atoms with van der Waals surface area (Å²) in [5.41, 5.74) is 3.28. The number of hydrogen-bond donors (Lipinski definition) is 0. The van der Waals surface area contributed by atoms with E-state index in [0.29, 0.717) is 0 Å². The molecule has 0 spiro atoms. The Balaban J connectivity index is 1.95. The molecule has 3 nitrogen and oxygen atoms in total. The maximum absolute atomic E-state index is 5.50. The van der Waals surface area contributed by atoms with E-state index in [1.54, 1.807) is 7.11 Å². The van der Waals surface area contributed by atoms with Crippen molar-refractivity contribution in [3.8, 4) is 5.75 Å². The van der Waals surface area contributed by atoms with Gasteiger partial charge < -0.3 is 9.57 Å². The molecule has 0 N–H and O–H groups in total. The van der Waals surface area contributed by atoms with Crippen molar-refractivity contribution >= 4 is 5.71 Å². The van der Waals surface area contributed by atoms with Gasteiger partial charge >= 0.3 is 0 Å². The standard InChI is InChI=1S/C17H17NO2/c1-12-16(13-6-4-3-5-7-13)17(18-20-12)14-8-10-15(19-2)11-9-14/h3-12,16H,1-2H3/t12-,16+/m0/s1. The number of oxime groups is 1. The van der Waals surface area contributed by atoms with E-state index in [-0.39, 0.29) is 12.0 Å². The van der Waals surface area contributed by atoms with Gasteiger partial charge in [0.05, 0.1) is 18.7 Å². The van der Waals surface area contributed by atoms with Gasteiger partial charge in [-0.05, 0) is 36.8 Å². The van der Waals surface area contributed by atoms with Crippen LogP contribution >= 0.6 is 0 Å². The molecule has 0 bridgehead atoms. The average molecular weight is 267 g/mol. The van der Waals surface area contributed by atoms with Crippen LogP contribution < -0.4 is 4.74 Å². The fraction of sp³-hybridized carbons (Fsp3) is 0.235. The average Bonchev–Trinajstić information content (AvgIpc) is 2.90. The van der Waals surface area contributed by atoms with Gasteiger partial charge in [0.2, 0.25) is 0 Å². The number of ether oxygens (including phenoxy) is 1. The minimum Gasteiger partial charge on any atom is -0.497 e. The third-order valence-electron chi connectivity index (χ3n) is 3.63. The lowest BCUT2D eigenvalue weighted by Gasteiger charge is -2.16. The zero-order valence-corrected chi connectivity index (χ0v) is 11.6. The molecule has 0 radical (unpaired) electrons. The molecule has 0 fully saturated rings. The van der Waals surface area contributed by atoms with Crippen LogP contribution in [0.4, 0.5) is 0 Å². The maximum Gasteiger partial charge on any atom is 0.137 e. The highest BCUT2D eigenvalue weighted by Crippen LogP contribution is 2.32. The summed E-state index contributed by atoms with van der Waals surface area (Å²) in [5, 5.41) is 4.28. The Morgan fingerprint density at radius 1 is 1.00 bits per heavy atom. The van der Waals surface area contributed by atoms with E-state index in [1.807, 2.05) is 42.5 Å². The summed E-state index contributed by atoms with van der Waals surface area (Å²) in [5.74, 6) is 1.02. The van der Waals surface area contributed by atoms with Crippen LogP contribution in [0.2, 0.25) is 0 Å². The lowest BCUT2D eigenvalue weighted by Crippen LogP contribution is -2.19. The van der Waals surface area contributed by atoms with Crippen LogP contribution in [0.25, 0.3) is 0 Å². The third-order valence-corrected chi connectivity index (χ3v) is 3.63. The second-order valence-electron chi connectivity index (χ2n) is 4.90. The molecule has 0 aromatic heterocycles. The van der Waals surface area contributed by atoms with Crippen molar-refractivity contribution < 1.29 is 9.57 Å². The quantitative estimate of drug-likeness (QED) is 0.850. The molecule has 3 rings (SSSR count). The summed E-state index contributed by atoms with van der Waals surface area (Å²) in [6, 6.07) is 18.3. The second kappa shape index (κ2) is 5.37. The largest absolute Gasteiger partial charge is 0.497 e. The van der Waals surface area contributed by atoms with Crippen molar-refractivity contribution in [1.82, 2.24) is 0 Å². The summed E-state index contributed by atoms with van der Waals surface area (Å²) in [4.78, 5) is 5.50. The fourth-order valence-corrected chi connectivity index (χ4v) is 2.56. The fourth-order valence-electron chi connectivity index (χ4n) is 2.56. The lowest BCUT2D eigenvalue weighted by atomic mass is 9.87. The van der Waals surface area contributed by atoms with Crippen LogP contribution in [0.1, 0.15) is 24.0 Å². The first kappa shape index (κ1) is 12.7. The van der Waals surface area contributed by atoms with Gasteiger partial charge in [0, 0.05) is 5.56 Å². The van der Waals surface area contributed by atoms with Crippen molar-refractivity contribution in [2.45, 2.75) is 18.9 Å². The predicted molar refractivity (Wildman–Crippen MR) is 79.3 cm³/mol. The Bertz CT molecular complexity index is 605. The van der Waals surface area contributed by atoms with Crippen molar-refractivity contribution in [3.63, 3.8) is 0 Å². The molecule has 1 aliphatic heterocycles. The number of rotatable bonds is 3. The van der Waals surface area contributed by atoms with Gasteiger partial charge in [0.15, 0.2) is 0 Å². The van der Waals surface area contributed by atoms with E-state index in [2.05, 4.69) is 24.2 Å². The van der Waals surface area contributed by atoms with Gasteiger partial charge in [0.1, 0.15) is 11.9 Å². The molecule has 2 aromatic rings. The minimum atomic E-state index is 0.0505. The molecular formula is C17H17NO2. The smallest absolute Gasteiger partial charge is 0.137 e. The Morgan fingerprint density at radius 3 is 2.35 bits per heavy atom. The Kier molecular flexibility index (Phi) is 3.42. The van der Waals surface area contributed by atoms with Gasteiger partial charge in [-0.15, -0.1) is 0 Å². The zero-order valence-electron chi connectivity index (χ0n) is 11.6. The number of methoxy groups -OCH3 is 1. The monoisotopic (exact) mass is 267 g/mol. The van der Waals surface area contributed by atoms with Gasteiger partial charge in [0.25, 0.3) is 0 Å². The second-order valence-corrected chi connectivity index (χ2v) is 4.90. The highest BCUT2D eigenvalue weighted by Gasteiger charge is 2.32. The predicted octanol–water partition coefficient (Wildman–Crippen LogP) is 3.60. The molecule has 1 aliphatic rings. The summed E-state index contributed by atoms with van der Waals surface area (Å²) >= 11 is 0. The van der Waals surface area contributed by atoms with Crippen molar-refractivity contribution in [2.24, 2.45) is 5.16 Å². The van der Waals surface area contributed by atoms with Crippen LogP contribution in [0, 0.1) is 0 Å².